The number of benzene rings is 1. The van der Waals surface area contributed by atoms with E-state index in [-0.39, 0.29) is 25.0 Å². The van der Waals surface area contributed by atoms with Gasteiger partial charge in [-0.15, -0.1) is 0 Å². The molecule has 14 nitrogen and oxygen atoms in total. The lowest BCUT2D eigenvalue weighted by Gasteiger charge is -2.26. The summed E-state index contributed by atoms with van der Waals surface area (Å²) < 4.78 is 0. The molecule has 3 aromatic rings. The highest BCUT2D eigenvalue weighted by Crippen LogP contribution is 2.12. The second-order valence-corrected chi connectivity index (χ2v) is 9.73. The maximum absolute atomic E-state index is 13.5. The number of aromatic hydroxyl groups is 1. The van der Waals surface area contributed by atoms with Crippen LogP contribution in [0.1, 0.15) is 30.8 Å². The van der Waals surface area contributed by atoms with E-state index in [1.54, 1.807) is 26.0 Å². The SMILES string of the molecule is CC(C)C(NC(=O)C(Cc1cnc[nH]1)NC(=O)C(Cc1ccc(O)cc1)NC(=O)C(N)Cc1cnc[nH]1)C(=O)O. The number of carbonyl (C=O) groups excluding carboxylic acids is 3. The van der Waals surface area contributed by atoms with Crippen LogP contribution in [0.4, 0.5) is 0 Å². The number of aliphatic carboxylic acids is 1. The molecule has 0 saturated heterocycles. The number of aromatic nitrogens is 4. The van der Waals surface area contributed by atoms with Gasteiger partial charge >= 0.3 is 5.97 Å². The van der Waals surface area contributed by atoms with Gasteiger partial charge < -0.3 is 41.9 Å². The molecule has 0 spiro atoms. The first-order valence-electron chi connectivity index (χ1n) is 12.7. The average molecular weight is 555 g/mol. The van der Waals surface area contributed by atoms with Gasteiger partial charge in [-0.2, -0.15) is 0 Å². The number of aromatic amines is 2. The molecular weight excluding hydrogens is 520 g/mol. The van der Waals surface area contributed by atoms with E-state index >= 15 is 0 Å². The van der Waals surface area contributed by atoms with Crippen LogP contribution in [0.5, 0.6) is 5.75 Å². The molecule has 4 atom stereocenters. The van der Waals surface area contributed by atoms with Crippen LogP contribution < -0.4 is 21.7 Å². The van der Waals surface area contributed by atoms with Crippen LogP contribution in [-0.2, 0) is 38.4 Å². The summed E-state index contributed by atoms with van der Waals surface area (Å²) in [5.74, 6) is -3.60. The standard InChI is InChI=1S/C26H34N8O6/c1-14(2)22(26(39)40)34-25(38)21(9-17-11-29-13-31-17)33-24(37)20(7-15-3-5-18(35)6-4-15)32-23(36)19(27)8-16-10-28-12-30-16/h3-6,10-14,19-22,35H,7-9,27H2,1-2H3,(H,28,30)(H,29,31)(H,32,36)(H,33,37)(H,34,38)(H,39,40). The molecule has 4 unspecified atom stereocenters. The number of phenolic OH excluding ortho intramolecular Hbond substituents is 1. The molecule has 0 aliphatic heterocycles. The molecule has 1 aromatic carbocycles. The van der Waals surface area contributed by atoms with Gasteiger partial charge in [0, 0.05) is 43.0 Å². The van der Waals surface area contributed by atoms with Crippen molar-refractivity contribution in [1.29, 1.82) is 0 Å². The second kappa shape index (κ2) is 13.9. The number of hydrogen-bond acceptors (Lipinski definition) is 8. The molecule has 0 bridgehead atoms. The van der Waals surface area contributed by atoms with Crippen LogP contribution in [0.3, 0.4) is 0 Å². The third-order valence-corrected chi connectivity index (χ3v) is 6.18. The number of carboxylic acids is 1. The fraction of sp³-hybridized carbons (Fsp3) is 0.385. The van der Waals surface area contributed by atoms with Crippen LogP contribution in [0, 0.1) is 5.92 Å². The fourth-order valence-corrected chi connectivity index (χ4v) is 3.95. The Bertz CT molecular complexity index is 1260. The van der Waals surface area contributed by atoms with E-state index in [4.69, 9.17) is 5.73 Å². The Balaban J connectivity index is 1.81. The van der Waals surface area contributed by atoms with Crippen LogP contribution >= 0.6 is 0 Å². The van der Waals surface area contributed by atoms with Gasteiger partial charge in [0.15, 0.2) is 0 Å². The van der Waals surface area contributed by atoms with Crippen molar-refractivity contribution in [3.05, 3.63) is 66.3 Å². The van der Waals surface area contributed by atoms with Crippen molar-refractivity contribution in [2.24, 2.45) is 11.7 Å². The molecule has 214 valence electrons. The number of carbonyl (C=O) groups is 4. The van der Waals surface area contributed by atoms with E-state index in [2.05, 4.69) is 35.9 Å². The predicted octanol–water partition coefficient (Wildman–Crippen LogP) is -0.611. The molecule has 40 heavy (non-hydrogen) atoms. The average Bonchev–Trinajstić information content (AvgIpc) is 3.61. The zero-order chi connectivity index (χ0) is 29.2. The monoisotopic (exact) mass is 554 g/mol. The Labute approximate surface area is 230 Å². The largest absolute Gasteiger partial charge is 0.508 e. The van der Waals surface area contributed by atoms with Crippen LogP contribution in [0.15, 0.2) is 49.3 Å². The van der Waals surface area contributed by atoms with E-state index in [9.17, 15) is 29.4 Å². The van der Waals surface area contributed by atoms with Crippen molar-refractivity contribution >= 4 is 23.7 Å². The first-order chi connectivity index (χ1) is 19.0. The summed E-state index contributed by atoms with van der Waals surface area (Å²) in [5, 5.41) is 26.9. The van der Waals surface area contributed by atoms with Gasteiger partial charge in [0.2, 0.25) is 17.7 Å². The first-order valence-corrected chi connectivity index (χ1v) is 12.7. The minimum absolute atomic E-state index is 0.0127. The Kier molecular flexibility index (Phi) is 10.4. The molecule has 3 amide bonds. The van der Waals surface area contributed by atoms with Crippen LogP contribution in [0.2, 0.25) is 0 Å². The van der Waals surface area contributed by atoms with Crippen molar-refractivity contribution in [2.45, 2.75) is 57.3 Å². The van der Waals surface area contributed by atoms with Crippen molar-refractivity contribution in [3.63, 3.8) is 0 Å². The van der Waals surface area contributed by atoms with E-state index in [1.807, 2.05) is 0 Å². The van der Waals surface area contributed by atoms with Crippen LogP contribution in [0.25, 0.3) is 0 Å². The molecule has 2 heterocycles. The Morgan fingerprint density at radius 1 is 0.825 bits per heavy atom. The highest BCUT2D eigenvalue weighted by atomic mass is 16.4. The highest BCUT2D eigenvalue weighted by molar-refractivity contribution is 5.94. The van der Waals surface area contributed by atoms with Gasteiger partial charge in [-0.25, -0.2) is 14.8 Å². The molecule has 14 heteroatoms. The molecule has 3 rings (SSSR count). The molecule has 9 N–H and O–H groups in total. The minimum Gasteiger partial charge on any atom is -0.508 e. The summed E-state index contributed by atoms with van der Waals surface area (Å²) in [6, 6.07) is 1.57. The van der Waals surface area contributed by atoms with E-state index in [1.165, 1.54) is 37.2 Å². The summed E-state index contributed by atoms with van der Waals surface area (Å²) in [6.45, 7) is 3.30. The summed E-state index contributed by atoms with van der Waals surface area (Å²) in [7, 11) is 0. The predicted molar refractivity (Wildman–Crippen MR) is 143 cm³/mol. The Hall–Kier alpha value is -4.72. The van der Waals surface area contributed by atoms with Gasteiger partial charge in [-0.05, 0) is 23.6 Å². The highest BCUT2D eigenvalue weighted by Gasteiger charge is 2.32. The molecule has 0 aliphatic rings. The topological polar surface area (TPSA) is 228 Å². The molecule has 0 aliphatic carbocycles. The zero-order valence-corrected chi connectivity index (χ0v) is 22.1. The van der Waals surface area contributed by atoms with E-state index < -0.39 is 53.8 Å². The smallest absolute Gasteiger partial charge is 0.326 e. The fourth-order valence-electron chi connectivity index (χ4n) is 3.95. The van der Waals surface area contributed by atoms with Crippen molar-refractivity contribution < 1.29 is 29.4 Å². The zero-order valence-electron chi connectivity index (χ0n) is 22.1. The van der Waals surface area contributed by atoms with Crippen molar-refractivity contribution in [2.75, 3.05) is 0 Å². The number of phenols is 1. The number of carboxylic acid groups (broad SMARTS) is 1. The molecule has 0 fully saturated rings. The maximum Gasteiger partial charge on any atom is 0.326 e. The molecule has 0 saturated carbocycles. The minimum atomic E-state index is -1.21. The summed E-state index contributed by atoms with van der Waals surface area (Å²) >= 11 is 0. The van der Waals surface area contributed by atoms with Crippen LogP contribution in [-0.4, -0.2) is 78.0 Å². The lowest BCUT2D eigenvalue weighted by atomic mass is 10.0. The quantitative estimate of drug-likeness (QED) is 0.127. The van der Waals surface area contributed by atoms with Gasteiger partial charge in [0.25, 0.3) is 0 Å². The number of nitrogens with one attached hydrogen (secondary N) is 5. The number of rotatable bonds is 14. The Morgan fingerprint density at radius 2 is 1.35 bits per heavy atom. The lowest BCUT2D eigenvalue weighted by molar-refractivity contribution is -0.143. The normalized spacial score (nSPS) is 14.1. The first kappa shape index (κ1) is 29.8. The number of nitrogens with zero attached hydrogens (tertiary/aromatic N) is 2. The van der Waals surface area contributed by atoms with Gasteiger partial charge in [-0.3, -0.25) is 14.4 Å². The number of H-pyrrole nitrogens is 2. The second-order valence-electron chi connectivity index (χ2n) is 9.73. The summed E-state index contributed by atoms with van der Waals surface area (Å²) in [4.78, 5) is 64.9. The van der Waals surface area contributed by atoms with Gasteiger partial charge in [0.05, 0.1) is 18.7 Å². The van der Waals surface area contributed by atoms with E-state index in [0.29, 0.717) is 17.0 Å². The summed E-state index contributed by atoms with van der Waals surface area (Å²) in [6.07, 6.45) is 6.05. The third kappa shape index (κ3) is 8.66. The van der Waals surface area contributed by atoms with Crippen molar-refractivity contribution in [3.8, 4) is 5.75 Å². The number of hydrogen-bond donors (Lipinski definition) is 8. The molecule has 0 radical (unpaired) electrons. The molecular formula is C26H34N8O6. The van der Waals surface area contributed by atoms with Crippen molar-refractivity contribution in [1.82, 2.24) is 35.9 Å². The lowest BCUT2D eigenvalue weighted by Crippen LogP contribution is -2.58. The van der Waals surface area contributed by atoms with Gasteiger partial charge in [-0.1, -0.05) is 26.0 Å². The summed E-state index contributed by atoms with van der Waals surface area (Å²) in [5.41, 5.74) is 7.85. The molecule has 2 aromatic heterocycles. The maximum atomic E-state index is 13.5. The number of imidazole rings is 2. The number of amides is 3. The number of nitrogens with two attached hydrogens (primary N) is 1. The third-order valence-electron chi connectivity index (χ3n) is 6.18. The van der Waals surface area contributed by atoms with Gasteiger partial charge in [0.1, 0.15) is 23.9 Å². The Morgan fingerprint density at radius 3 is 1.88 bits per heavy atom. The van der Waals surface area contributed by atoms with E-state index in [0.717, 1.165) is 0 Å².